The van der Waals surface area contributed by atoms with Crippen LogP contribution in [0.3, 0.4) is 0 Å². The number of nitrogens with two attached hydrogens (primary N) is 1. The number of likely N-dealkylation sites (tertiary alicyclic amines) is 1. The van der Waals surface area contributed by atoms with Crippen LogP contribution in [0, 0.1) is 0 Å². The first kappa shape index (κ1) is 15.1. The lowest BCUT2D eigenvalue weighted by molar-refractivity contribution is -0.117. The number of halogens is 1. The van der Waals surface area contributed by atoms with Crippen molar-refractivity contribution in [3.05, 3.63) is 23.2 Å². The van der Waals surface area contributed by atoms with Crippen LogP contribution >= 0.6 is 11.6 Å². The van der Waals surface area contributed by atoms with E-state index in [4.69, 9.17) is 17.3 Å². The zero-order valence-corrected chi connectivity index (χ0v) is 12.5. The highest BCUT2D eigenvalue weighted by Gasteiger charge is 2.13. The van der Waals surface area contributed by atoms with E-state index in [0.717, 1.165) is 13.1 Å². The molecule has 0 unspecified atom stereocenters. The van der Waals surface area contributed by atoms with Gasteiger partial charge in [0.15, 0.2) is 0 Å². The number of carbonyl (C=O) groups excluding carboxylic acids is 1. The number of hydrogen-bond acceptors (Lipinski definition) is 3. The van der Waals surface area contributed by atoms with E-state index < -0.39 is 0 Å². The number of hydrogen-bond donors (Lipinski definition) is 2. The van der Waals surface area contributed by atoms with Crippen molar-refractivity contribution in [1.82, 2.24) is 4.90 Å². The van der Waals surface area contributed by atoms with Gasteiger partial charge in [-0.05, 0) is 44.1 Å². The van der Waals surface area contributed by atoms with E-state index in [2.05, 4.69) is 10.2 Å². The van der Waals surface area contributed by atoms with E-state index >= 15 is 0 Å². The first-order valence-corrected chi connectivity index (χ1v) is 7.60. The Morgan fingerprint density at radius 2 is 1.85 bits per heavy atom. The second kappa shape index (κ2) is 7.50. The van der Waals surface area contributed by atoms with Crippen LogP contribution in [-0.4, -0.2) is 30.4 Å². The molecule has 1 fully saturated rings. The van der Waals surface area contributed by atoms with E-state index in [-0.39, 0.29) is 5.91 Å². The highest BCUT2D eigenvalue weighted by Crippen LogP contribution is 2.24. The topological polar surface area (TPSA) is 58.4 Å². The molecule has 1 aliphatic heterocycles. The molecular weight excluding hydrogens is 274 g/mol. The average molecular weight is 296 g/mol. The average Bonchev–Trinajstić information content (AvgIpc) is 2.36. The first-order valence-electron chi connectivity index (χ1n) is 7.22. The van der Waals surface area contributed by atoms with Crippen molar-refractivity contribution in [1.29, 1.82) is 0 Å². The number of benzene rings is 1. The summed E-state index contributed by atoms with van der Waals surface area (Å²) in [6.07, 6.45) is 6.21. The smallest absolute Gasteiger partial charge is 0.238 e. The van der Waals surface area contributed by atoms with E-state index in [9.17, 15) is 4.79 Å². The molecule has 1 aliphatic rings. The van der Waals surface area contributed by atoms with Gasteiger partial charge in [0.25, 0.3) is 0 Å². The second-order valence-electron chi connectivity index (χ2n) is 5.33. The van der Waals surface area contributed by atoms with Crippen LogP contribution in [0.25, 0.3) is 0 Å². The predicted molar refractivity (Wildman–Crippen MR) is 84.0 cm³/mol. The lowest BCUT2D eigenvalue weighted by Gasteiger charge is -2.23. The van der Waals surface area contributed by atoms with Gasteiger partial charge < -0.3 is 11.1 Å². The Hall–Kier alpha value is -1.26. The number of rotatable bonds is 3. The number of nitrogen functional groups attached to an aromatic ring is 1. The third-order valence-corrected chi connectivity index (χ3v) is 3.90. The maximum absolute atomic E-state index is 12.1. The Morgan fingerprint density at radius 3 is 2.50 bits per heavy atom. The van der Waals surface area contributed by atoms with Gasteiger partial charge in [-0.15, -0.1) is 0 Å². The second-order valence-corrected chi connectivity index (χ2v) is 5.74. The number of nitrogens with one attached hydrogen (secondary N) is 1. The molecule has 20 heavy (non-hydrogen) atoms. The molecule has 1 saturated heterocycles. The molecule has 1 aromatic rings. The zero-order chi connectivity index (χ0) is 14.4. The Balaban J connectivity index is 1.87. The largest absolute Gasteiger partial charge is 0.399 e. The van der Waals surface area contributed by atoms with Crippen molar-refractivity contribution in [2.24, 2.45) is 0 Å². The van der Waals surface area contributed by atoms with E-state index in [1.165, 1.54) is 32.1 Å². The van der Waals surface area contributed by atoms with Gasteiger partial charge in [0.2, 0.25) is 5.91 Å². The number of amides is 1. The minimum Gasteiger partial charge on any atom is -0.399 e. The van der Waals surface area contributed by atoms with E-state index in [0.29, 0.717) is 22.9 Å². The van der Waals surface area contributed by atoms with Gasteiger partial charge in [0.1, 0.15) is 0 Å². The highest BCUT2D eigenvalue weighted by atomic mass is 35.5. The molecule has 0 bridgehead atoms. The van der Waals surface area contributed by atoms with Crippen molar-refractivity contribution < 1.29 is 4.79 Å². The van der Waals surface area contributed by atoms with E-state index in [1.807, 2.05) is 0 Å². The van der Waals surface area contributed by atoms with Crippen molar-refractivity contribution in [3.63, 3.8) is 0 Å². The molecular formula is C15H22ClN3O. The summed E-state index contributed by atoms with van der Waals surface area (Å²) < 4.78 is 0. The van der Waals surface area contributed by atoms with Gasteiger partial charge in [-0.2, -0.15) is 0 Å². The Kier molecular flexibility index (Phi) is 5.68. The standard InChI is InChI=1S/C15H22ClN3O/c16-13-10-12(17)6-7-14(13)18-15(20)11-19-8-4-2-1-3-5-9-19/h6-7,10H,1-5,8-9,11,17H2,(H,18,20). The summed E-state index contributed by atoms with van der Waals surface area (Å²) in [6, 6.07) is 5.12. The van der Waals surface area contributed by atoms with Gasteiger partial charge in [-0.1, -0.05) is 30.9 Å². The summed E-state index contributed by atoms with van der Waals surface area (Å²) in [4.78, 5) is 14.3. The molecule has 0 atom stereocenters. The molecule has 4 nitrogen and oxygen atoms in total. The van der Waals surface area contributed by atoms with Gasteiger partial charge in [0.05, 0.1) is 17.3 Å². The fourth-order valence-electron chi connectivity index (χ4n) is 2.50. The summed E-state index contributed by atoms with van der Waals surface area (Å²) >= 11 is 6.06. The van der Waals surface area contributed by atoms with Gasteiger partial charge >= 0.3 is 0 Å². The van der Waals surface area contributed by atoms with Crippen LogP contribution in [0.4, 0.5) is 11.4 Å². The van der Waals surface area contributed by atoms with Gasteiger partial charge in [-0.25, -0.2) is 0 Å². The fraction of sp³-hybridized carbons (Fsp3) is 0.533. The Morgan fingerprint density at radius 1 is 1.20 bits per heavy atom. The monoisotopic (exact) mass is 295 g/mol. The fourth-order valence-corrected chi connectivity index (χ4v) is 2.73. The highest BCUT2D eigenvalue weighted by molar-refractivity contribution is 6.34. The molecule has 1 aromatic carbocycles. The van der Waals surface area contributed by atoms with Crippen molar-refractivity contribution in [2.45, 2.75) is 32.1 Å². The number of anilines is 2. The molecule has 2 rings (SSSR count). The normalized spacial score (nSPS) is 17.2. The van der Waals surface area contributed by atoms with Gasteiger partial charge in [-0.3, -0.25) is 9.69 Å². The quantitative estimate of drug-likeness (QED) is 0.842. The molecule has 1 heterocycles. The SMILES string of the molecule is Nc1ccc(NC(=O)CN2CCCCCCC2)c(Cl)c1. The minimum absolute atomic E-state index is 0.0164. The molecule has 0 spiro atoms. The summed E-state index contributed by atoms with van der Waals surface area (Å²) in [6.45, 7) is 2.44. The summed E-state index contributed by atoms with van der Waals surface area (Å²) in [5.41, 5.74) is 6.85. The summed E-state index contributed by atoms with van der Waals surface area (Å²) in [5.74, 6) is -0.0164. The van der Waals surface area contributed by atoms with Crippen LogP contribution in [0.1, 0.15) is 32.1 Å². The van der Waals surface area contributed by atoms with Crippen LogP contribution in [-0.2, 0) is 4.79 Å². The van der Waals surface area contributed by atoms with Crippen molar-refractivity contribution in [3.8, 4) is 0 Å². The molecule has 0 saturated carbocycles. The molecule has 3 N–H and O–H groups in total. The number of carbonyl (C=O) groups is 1. The third kappa shape index (κ3) is 4.69. The number of nitrogens with zero attached hydrogens (tertiary/aromatic N) is 1. The van der Waals surface area contributed by atoms with Crippen molar-refractivity contribution in [2.75, 3.05) is 30.7 Å². The van der Waals surface area contributed by atoms with Crippen LogP contribution in [0.5, 0.6) is 0 Å². The molecule has 1 amide bonds. The molecule has 0 aliphatic carbocycles. The maximum Gasteiger partial charge on any atom is 0.238 e. The minimum atomic E-state index is -0.0164. The molecule has 0 aromatic heterocycles. The zero-order valence-electron chi connectivity index (χ0n) is 11.7. The van der Waals surface area contributed by atoms with Crippen molar-refractivity contribution >= 4 is 28.9 Å². The third-order valence-electron chi connectivity index (χ3n) is 3.58. The molecule has 5 heteroatoms. The van der Waals surface area contributed by atoms with Crippen LogP contribution in [0.15, 0.2) is 18.2 Å². The van der Waals surface area contributed by atoms with Gasteiger partial charge in [0, 0.05) is 5.69 Å². The Bertz CT molecular complexity index is 456. The van der Waals surface area contributed by atoms with Crippen LogP contribution in [0.2, 0.25) is 5.02 Å². The summed E-state index contributed by atoms with van der Waals surface area (Å²) in [7, 11) is 0. The summed E-state index contributed by atoms with van der Waals surface area (Å²) in [5, 5.41) is 3.33. The first-order chi connectivity index (χ1) is 9.65. The lowest BCUT2D eigenvalue weighted by Crippen LogP contribution is -2.35. The van der Waals surface area contributed by atoms with E-state index in [1.54, 1.807) is 18.2 Å². The Labute approximate surface area is 125 Å². The molecule has 0 radical (unpaired) electrons. The predicted octanol–water partition coefficient (Wildman–Crippen LogP) is 3.13. The van der Waals surface area contributed by atoms with Crippen LogP contribution < -0.4 is 11.1 Å². The lowest BCUT2D eigenvalue weighted by atomic mass is 10.1. The maximum atomic E-state index is 12.1. The molecule has 110 valence electrons.